The van der Waals surface area contributed by atoms with Crippen LogP contribution in [0.4, 0.5) is 4.39 Å². The summed E-state index contributed by atoms with van der Waals surface area (Å²) < 4.78 is 18.2. The van der Waals surface area contributed by atoms with E-state index in [1.54, 1.807) is 12.1 Å². The third-order valence-electron chi connectivity index (χ3n) is 5.01. The van der Waals surface area contributed by atoms with E-state index in [-0.39, 0.29) is 48.2 Å². The van der Waals surface area contributed by atoms with Gasteiger partial charge >= 0.3 is 5.97 Å². The molecule has 1 saturated heterocycles. The summed E-state index contributed by atoms with van der Waals surface area (Å²) in [5.74, 6) is -0.738. The summed E-state index contributed by atoms with van der Waals surface area (Å²) in [6, 6.07) is 6.05. The second-order valence-electron chi connectivity index (χ2n) is 7.14. The molecular weight excluding hydrogens is 502 g/mol. The topological polar surface area (TPSA) is 97.0 Å². The third kappa shape index (κ3) is 8.08. The lowest BCUT2D eigenvalue weighted by Crippen LogP contribution is -2.47. The second-order valence-corrected chi connectivity index (χ2v) is 7.14. The lowest BCUT2D eigenvalue weighted by atomic mass is 9.97. The van der Waals surface area contributed by atoms with Gasteiger partial charge in [-0.3, -0.25) is 14.6 Å². The molecule has 0 bridgehead atoms. The Morgan fingerprint density at radius 3 is 2.43 bits per heavy atom. The first-order chi connectivity index (χ1) is 13.9. The zero-order valence-electron chi connectivity index (χ0n) is 17.6. The van der Waals surface area contributed by atoms with E-state index < -0.39 is 11.8 Å². The molecule has 30 heavy (non-hydrogen) atoms. The maximum absolute atomic E-state index is 13.1. The number of primary amides is 1. The first-order valence-corrected chi connectivity index (χ1v) is 10.2. The maximum Gasteiger partial charge on any atom is 0.309 e. The van der Waals surface area contributed by atoms with Crippen LogP contribution in [0.1, 0.15) is 32.3 Å². The van der Waals surface area contributed by atoms with E-state index in [4.69, 9.17) is 10.5 Å². The molecule has 2 rings (SSSR count). The van der Waals surface area contributed by atoms with E-state index in [9.17, 15) is 14.0 Å². The van der Waals surface area contributed by atoms with Crippen molar-refractivity contribution in [3.63, 3.8) is 0 Å². The standard InChI is InChI=1S/C21H31FN4O3.HI/c1-3-24-21(26-11-9-16(10-12-26)20(28)29-4-2)25-14-17(19(23)27)13-15-5-7-18(22)8-6-15;/h5-8,16-17H,3-4,9-14H2,1-2H3,(H2,23,27)(H,24,25);1H. The van der Waals surface area contributed by atoms with E-state index >= 15 is 0 Å². The molecule has 1 fully saturated rings. The van der Waals surface area contributed by atoms with Gasteiger partial charge in [-0.05, 0) is 50.8 Å². The van der Waals surface area contributed by atoms with Gasteiger partial charge in [-0.2, -0.15) is 0 Å². The van der Waals surface area contributed by atoms with Crippen LogP contribution < -0.4 is 11.1 Å². The number of carbonyl (C=O) groups is 2. The minimum absolute atomic E-state index is 0. The summed E-state index contributed by atoms with van der Waals surface area (Å²) in [4.78, 5) is 30.5. The molecule has 1 aromatic carbocycles. The van der Waals surface area contributed by atoms with Crippen molar-refractivity contribution in [1.29, 1.82) is 0 Å². The molecule has 0 radical (unpaired) electrons. The van der Waals surface area contributed by atoms with Gasteiger partial charge in [0.15, 0.2) is 5.96 Å². The summed E-state index contributed by atoms with van der Waals surface area (Å²) in [6.07, 6.45) is 1.82. The predicted molar refractivity (Wildman–Crippen MR) is 125 cm³/mol. The lowest BCUT2D eigenvalue weighted by molar-refractivity contribution is -0.149. The van der Waals surface area contributed by atoms with E-state index in [1.165, 1.54) is 12.1 Å². The predicted octanol–water partition coefficient (Wildman–Crippen LogP) is 2.33. The minimum atomic E-state index is -0.480. The van der Waals surface area contributed by atoms with E-state index in [1.807, 2.05) is 13.8 Å². The number of guanidine groups is 1. The smallest absolute Gasteiger partial charge is 0.309 e. The maximum atomic E-state index is 13.1. The van der Waals surface area contributed by atoms with Gasteiger partial charge in [-0.25, -0.2) is 4.39 Å². The van der Waals surface area contributed by atoms with Gasteiger partial charge in [0.05, 0.1) is 25.0 Å². The fourth-order valence-corrected chi connectivity index (χ4v) is 3.37. The Balaban J connectivity index is 0.00000450. The quantitative estimate of drug-likeness (QED) is 0.231. The summed E-state index contributed by atoms with van der Waals surface area (Å²) in [6.45, 7) is 6.49. The first kappa shape index (κ1) is 26.1. The van der Waals surface area contributed by atoms with Crippen molar-refractivity contribution in [2.75, 3.05) is 32.8 Å². The van der Waals surface area contributed by atoms with Gasteiger partial charge in [0.1, 0.15) is 5.82 Å². The van der Waals surface area contributed by atoms with Gasteiger partial charge in [0.2, 0.25) is 5.91 Å². The number of nitrogens with one attached hydrogen (secondary N) is 1. The van der Waals surface area contributed by atoms with Crippen LogP contribution in [0.5, 0.6) is 0 Å². The van der Waals surface area contributed by atoms with Crippen molar-refractivity contribution < 1.29 is 18.7 Å². The van der Waals surface area contributed by atoms with Crippen LogP contribution in [-0.4, -0.2) is 55.5 Å². The molecule has 9 heteroatoms. The van der Waals surface area contributed by atoms with Gasteiger partial charge in [0.25, 0.3) is 0 Å². The molecule has 0 saturated carbocycles. The first-order valence-electron chi connectivity index (χ1n) is 10.2. The second kappa shape index (κ2) is 13.4. The van der Waals surface area contributed by atoms with E-state index in [0.717, 1.165) is 5.56 Å². The molecule has 1 heterocycles. The fraction of sp³-hybridized carbons (Fsp3) is 0.571. The van der Waals surface area contributed by atoms with Crippen LogP contribution in [0.3, 0.4) is 0 Å². The summed E-state index contributed by atoms with van der Waals surface area (Å²) in [5.41, 5.74) is 6.40. The number of rotatable bonds is 8. The van der Waals surface area contributed by atoms with Crippen molar-refractivity contribution in [2.24, 2.45) is 22.6 Å². The number of piperidine rings is 1. The molecule has 1 aliphatic rings. The number of nitrogens with zero attached hydrogens (tertiary/aromatic N) is 2. The van der Waals surface area contributed by atoms with Crippen molar-refractivity contribution in [2.45, 2.75) is 33.1 Å². The average molecular weight is 534 g/mol. The number of halogens is 2. The number of aliphatic imine (C=N–C) groups is 1. The molecule has 3 N–H and O–H groups in total. The fourth-order valence-electron chi connectivity index (χ4n) is 3.37. The Bertz CT molecular complexity index is 707. The van der Waals surface area contributed by atoms with Crippen LogP contribution in [0.2, 0.25) is 0 Å². The Morgan fingerprint density at radius 2 is 1.90 bits per heavy atom. The average Bonchev–Trinajstić information content (AvgIpc) is 2.71. The van der Waals surface area contributed by atoms with Crippen molar-refractivity contribution in [3.8, 4) is 0 Å². The summed E-state index contributed by atoms with van der Waals surface area (Å²) in [5, 5.41) is 3.25. The molecular formula is C21H32FIN4O3. The Hall–Kier alpha value is -1.91. The number of esters is 1. The van der Waals surface area contributed by atoms with Gasteiger partial charge < -0.3 is 20.7 Å². The number of hydrogen-bond donors (Lipinski definition) is 2. The zero-order valence-corrected chi connectivity index (χ0v) is 19.9. The molecule has 0 spiro atoms. The number of ether oxygens (including phenoxy) is 1. The molecule has 1 aromatic rings. The van der Waals surface area contributed by atoms with Crippen LogP contribution in [0.25, 0.3) is 0 Å². The van der Waals surface area contributed by atoms with Crippen LogP contribution in [0.15, 0.2) is 29.3 Å². The van der Waals surface area contributed by atoms with Gasteiger partial charge in [-0.1, -0.05) is 12.1 Å². The van der Waals surface area contributed by atoms with Crippen LogP contribution in [-0.2, 0) is 20.7 Å². The summed E-state index contributed by atoms with van der Waals surface area (Å²) >= 11 is 0. The molecule has 1 atom stereocenters. The van der Waals surface area contributed by atoms with Crippen molar-refractivity contribution >= 4 is 41.8 Å². The molecule has 1 unspecified atom stereocenters. The molecule has 168 valence electrons. The number of carbonyl (C=O) groups excluding carboxylic acids is 2. The normalized spacial score (nSPS) is 15.8. The Morgan fingerprint density at radius 1 is 1.27 bits per heavy atom. The number of nitrogens with two attached hydrogens (primary N) is 1. The van der Waals surface area contributed by atoms with Crippen LogP contribution >= 0.6 is 24.0 Å². The highest BCUT2D eigenvalue weighted by Gasteiger charge is 2.27. The molecule has 1 aliphatic heterocycles. The molecule has 0 aromatic heterocycles. The third-order valence-corrected chi connectivity index (χ3v) is 5.01. The number of benzene rings is 1. The molecule has 7 nitrogen and oxygen atoms in total. The SMILES string of the molecule is CCNC(=NCC(Cc1ccc(F)cc1)C(N)=O)N1CCC(C(=O)OCC)CC1.I. The van der Waals surface area contributed by atoms with Crippen LogP contribution in [0, 0.1) is 17.7 Å². The lowest BCUT2D eigenvalue weighted by Gasteiger charge is -2.33. The Labute approximate surface area is 194 Å². The highest BCUT2D eigenvalue weighted by molar-refractivity contribution is 14.0. The van der Waals surface area contributed by atoms with Gasteiger partial charge in [-0.15, -0.1) is 24.0 Å². The Kier molecular flexibility index (Phi) is 11.7. The zero-order chi connectivity index (χ0) is 21.2. The number of amides is 1. The van der Waals surface area contributed by atoms with Crippen molar-refractivity contribution in [1.82, 2.24) is 10.2 Å². The summed E-state index contributed by atoms with van der Waals surface area (Å²) in [7, 11) is 0. The monoisotopic (exact) mass is 534 g/mol. The highest BCUT2D eigenvalue weighted by Crippen LogP contribution is 2.19. The number of hydrogen-bond acceptors (Lipinski definition) is 4. The van der Waals surface area contributed by atoms with E-state index in [2.05, 4.69) is 15.2 Å². The minimum Gasteiger partial charge on any atom is -0.466 e. The largest absolute Gasteiger partial charge is 0.466 e. The molecule has 1 amide bonds. The van der Waals surface area contributed by atoms with E-state index in [0.29, 0.717) is 51.5 Å². The van der Waals surface area contributed by atoms with Crippen molar-refractivity contribution in [3.05, 3.63) is 35.6 Å². The number of likely N-dealkylation sites (tertiary alicyclic amines) is 1. The molecule has 0 aliphatic carbocycles. The van der Waals surface area contributed by atoms with Gasteiger partial charge in [0, 0.05) is 19.6 Å². The highest BCUT2D eigenvalue weighted by atomic mass is 127.